The number of nitrogens with zero attached hydrogens (tertiary/aromatic N) is 2. The second-order valence-electron chi connectivity index (χ2n) is 3.52. The van der Waals surface area contributed by atoms with Crippen molar-refractivity contribution in [1.82, 2.24) is 4.98 Å². The van der Waals surface area contributed by atoms with E-state index >= 15 is 0 Å². The van der Waals surface area contributed by atoms with Gasteiger partial charge in [0.2, 0.25) is 9.84 Å². The van der Waals surface area contributed by atoms with Gasteiger partial charge in [-0.2, -0.15) is 10.2 Å². The van der Waals surface area contributed by atoms with Gasteiger partial charge in [-0.05, 0) is 19.1 Å². The molecule has 0 saturated carbocycles. The van der Waals surface area contributed by atoms with Crippen molar-refractivity contribution in [3.05, 3.63) is 18.2 Å². The smallest absolute Gasteiger partial charge is 0.317 e. The van der Waals surface area contributed by atoms with Crippen molar-refractivity contribution in [2.24, 2.45) is 0 Å². The number of oxazole rings is 1. The highest BCUT2D eigenvalue weighted by atomic mass is 32.2. The molecule has 2 rings (SSSR count). The molecular formula is C10H9N3O3S. The van der Waals surface area contributed by atoms with Crippen molar-refractivity contribution in [2.45, 2.75) is 17.4 Å². The van der Waals surface area contributed by atoms with Crippen LogP contribution in [-0.2, 0) is 9.84 Å². The van der Waals surface area contributed by atoms with Gasteiger partial charge in [-0.15, -0.1) is 0 Å². The molecule has 0 saturated heterocycles. The van der Waals surface area contributed by atoms with Crippen molar-refractivity contribution in [2.75, 3.05) is 5.73 Å². The van der Waals surface area contributed by atoms with Crippen LogP contribution in [0.4, 0.5) is 5.69 Å². The molecule has 2 aromatic rings. The summed E-state index contributed by atoms with van der Waals surface area (Å²) < 4.78 is 28.7. The minimum Gasteiger partial charge on any atom is -0.428 e. The molecule has 1 aromatic heterocycles. The normalized spacial score (nSPS) is 13.4. The third-order valence-corrected chi connectivity index (χ3v) is 3.98. The molecule has 0 spiro atoms. The molecule has 1 aromatic carbocycles. The van der Waals surface area contributed by atoms with Gasteiger partial charge >= 0.3 is 5.22 Å². The third-order valence-electron chi connectivity index (χ3n) is 2.28. The lowest BCUT2D eigenvalue weighted by molar-refractivity contribution is 0.457. The number of rotatable bonds is 2. The Labute approximate surface area is 97.6 Å². The zero-order valence-electron chi connectivity index (χ0n) is 8.91. The van der Waals surface area contributed by atoms with Crippen molar-refractivity contribution in [1.29, 1.82) is 5.26 Å². The first-order valence-electron chi connectivity index (χ1n) is 4.74. The van der Waals surface area contributed by atoms with Gasteiger partial charge in [-0.1, -0.05) is 0 Å². The van der Waals surface area contributed by atoms with E-state index in [1.54, 1.807) is 18.2 Å². The Morgan fingerprint density at radius 2 is 2.24 bits per heavy atom. The lowest BCUT2D eigenvalue weighted by atomic mass is 10.3. The first kappa shape index (κ1) is 11.4. The van der Waals surface area contributed by atoms with Crippen molar-refractivity contribution >= 4 is 26.6 Å². The van der Waals surface area contributed by atoms with Gasteiger partial charge < -0.3 is 10.2 Å². The Bertz CT molecular complexity index is 712. The number of hydrogen-bond acceptors (Lipinski definition) is 6. The minimum atomic E-state index is -3.84. The third kappa shape index (κ3) is 1.83. The second-order valence-corrected chi connectivity index (χ2v) is 5.67. The van der Waals surface area contributed by atoms with Crippen LogP contribution < -0.4 is 5.73 Å². The largest absolute Gasteiger partial charge is 0.428 e. The lowest BCUT2D eigenvalue weighted by Gasteiger charge is -1.98. The quantitative estimate of drug-likeness (QED) is 0.800. The summed E-state index contributed by atoms with van der Waals surface area (Å²) in [5.74, 6) is 0. The first-order valence-corrected chi connectivity index (χ1v) is 6.29. The highest BCUT2D eigenvalue weighted by molar-refractivity contribution is 7.92. The number of anilines is 1. The number of fused-ring (bicyclic) bond motifs is 1. The molecule has 0 bridgehead atoms. The van der Waals surface area contributed by atoms with Gasteiger partial charge in [-0.25, -0.2) is 8.42 Å². The van der Waals surface area contributed by atoms with Crippen LogP contribution in [0, 0.1) is 11.3 Å². The summed E-state index contributed by atoms with van der Waals surface area (Å²) in [5.41, 5.74) is 6.67. The molecule has 0 fully saturated rings. The van der Waals surface area contributed by atoms with Crippen molar-refractivity contribution < 1.29 is 12.8 Å². The summed E-state index contributed by atoms with van der Waals surface area (Å²) >= 11 is 0. The Kier molecular flexibility index (Phi) is 2.52. The lowest BCUT2D eigenvalue weighted by Crippen LogP contribution is -2.15. The van der Waals surface area contributed by atoms with Crippen molar-refractivity contribution in [3.8, 4) is 6.07 Å². The van der Waals surface area contributed by atoms with E-state index in [1.165, 1.54) is 13.0 Å². The molecular weight excluding hydrogens is 242 g/mol. The molecule has 6 nitrogen and oxygen atoms in total. The molecule has 0 radical (unpaired) electrons. The average Bonchev–Trinajstić information content (AvgIpc) is 2.71. The maximum atomic E-state index is 11.8. The first-order chi connectivity index (χ1) is 7.95. The Balaban J connectivity index is 2.62. The van der Waals surface area contributed by atoms with Crippen LogP contribution in [0.25, 0.3) is 11.1 Å². The molecule has 0 aliphatic rings. The number of benzene rings is 1. The van der Waals surface area contributed by atoms with Crippen LogP contribution in [0.5, 0.6) is 0 Å². The molecule has 0 amide bonds. The standard InChI is InChI=1S/C10H9N3O3S/c1-6(5-11)17(14,15)10-13-8-3-2-7(12)4-9(8)16-10/h2-4,6H,12H2,1H3. The van der Waals surface area contributed by atoms with E-state index in [-0.39, 0.29) is 5.58 Å². The zero-order chi connectivity index (χ0) is 12.6. The van der Waals surface area contributed by atoms with Gasteiger partial charge in [0.05, 0.1) is 6.07 Å². The van der Waals surface area contributed by atoms with Crippen LogP contribution in [0.15, 0.2) is 27.8 Å². The van der Waals surface area contributed by atoms with Crippen LogP contribution in [0.3, 0.4) is 0 Å². The Hall–Kier alpha value is -2.07. The molecule has 17 heavy (non-hydrogen) atoms. The fourth-order valence-electron chi connectivity index (χ4n) is 1.26. The summed E-state index contributed by atoms with van der Waals surface area (Å²) in [6, 6.07) is 6.28. The number of nitrogens with two attached hydrogens (primary N) is 1. The Morgan fingerprint density at radius 1 is 1.53 bits per heavy atom. The van der Waals surface area contributed by atoms with E-state index in [2.05, 4.69) is 4.98 Å². The average molecular weight is 251 g/mol. The van der Waals surface area contributed by atoms with E-state index in [4.69, 9.17) is 15.4 Å². The highest BCUT2D eigenvalue weighted by Gasteiger charge is 2.28. The summed E-state index contributed by atoms with van der Waals surface area (Å²) in [4.78, 5) is 3.83. The molecule has 88 valence electrons. The highest BCUT2D eigenvalue weighted by Crippen LogP contribution is 2.23. The topological polar surface area (TPSA) is 110 Å². The molecule has 2 N–H and O–H groups in total. The Morgan fingerprint density at radius 3 is 2.88 bits per heavy atom. The SMILES string of the molecule is CC(C#N)S(=O)(=O)c1nc2ccc(N)cc2o1. The molecule has 1 unspecified atom stereocenters. The van der Waals surface area contributed by atoms with Crippen LogP contribution >= 0.6 is 0 Å². The van der Waals surface area contributed by atoms with E-state index < -0.39 is 20.3 Å². The summed E-state index contributed by atoms with van der Waals surface area (Å²) in [6.45, 7) is 1.28. The number of hydrogen-bond donors (Lipinski definition) is 1. The van der Waals surface area contributed by atoms with E-state index in [0.717, 1.165) is 0 Å². The molecule has 0 aliphatic carbocycles. The number of aromatic nitrogens is 1. The van der Waals surface area contributed by atoms with Crippen LogP contribution in [0.2, 0.25) is 0 Å². The summed E-state index contributed by atoms with van der Waals surface area (Å²) in [5, 5.41) is 6.98. The fourth-order valence-corrected chi connectivity index (χ4v) is 2.14. The van der Waals surface area contributed by atoms with Crippen LogP contribution in [-0.4, -0.2) is 18.7 Å². The minimum absolute atomic E-state index is 0.286. The van der Waals surface area contributed by atoms with Gasteiger partial charge in [-0.3, -0.25) is 0 Å². The molecule has 0 aliphatic heterocycles. The van der Waals surface area contributed by atoms with E-state index in [9.17, 15) is 8.42 Å². The second kappa shape index (κ2) is 3.75. The van der Waals surface area contributed by atoms with Gasteiger partial charge in [0, 0.05) is 11.8 Å². The van der Waals surface area contributed by atoms with E-state index in [1.807, 2.05) is 0 Å². The maximum absolute atomic E-state index is 11.8. The van der Waals surface area contributed by atoms with Gasteiger partial charge in [0.25, 0.3) is 0 Å². The fraction of sp³-hybridized carbons (Fsp3) is 0.200. The number of nitriles is 1. The predicted octanol–water partition coefficient (Wildman–Crippen LogP) is 1.10. The van der Waals surface area contributed by atoms with Crippen LogP contribution in [0.1, 0.15) is 6.92 Å². The van der Waals surface area contributed by atoms with Gasteiger partial charge in [0.1, 0.15) is 5.52 Å². The van der Waals surface area contributed by atoms with Gasteiger partial charge in [0.15, 0.2) is 10.8 Å². The molecule has 7 heteroatoms. The monoisotopic (exact) mass is 251 g/mol. The summed E-state index contributed by atoms with van der Waals surface area (Å²) in [7, 11) is -3.84. The zero-order valence-corrected chi connectivity index (χ0v) is 9.73. The molecule has 1 atom stereocenters. The van der Waals surface area contributed by atoms with Crippen molar-refractivity contribution in [3.63, 3.8) is 0 Å². The number of nitrogen functional groups attached to an aromatic ring is 1. The van der Waals surface area contributed by atoms with E-state index in [0.29, 0.717) is 11.2 Å². The molecule has 1 heterocycles. The maximum Gasteiger partial charge on any atom is 0.317 e. The number of sulfone groups is 1. The summed E-state index contributed by atoms with van der Waals surface area (Å²) in [6.07, 6.45) is 0. The predicted molar refractivity (Wildman–Crippen MR) is 60.7 cm³/mol.